The summed E-state index contributed by atoms with van der Waals surface area (Å²) in [6.07, 6.45) is 4.44. The van der Waals surface area contributed by atoms with Crippen molar-refractivity contribution in [3.8, 4) is 0 Å². The summed E-state index contributed by atoms with van der Waals surface area (Å²) in [6.45, 7) is 16.3. The minimum Gasteiger partial charge on any atom is -0.449 e. The van der Waals surface area contributed by atoms with Crippen molar-refractivity contribution in [2.75, 3.05) is 6.61 Å². The maximum atomic E-state index is 7.90. The van der Waals surface area contributed by atoms with Crippen molar-refractivity contribution in [2.24, 2.45) is 11.8 Å². The first-order valence-electron chi connectivity index (χ1n) is 17.5. The van der Waals surface area contributed by atoms with E-state index < -0.39 is 16.6 Å². The summed E-state index contributed by atoms with van der Waals surface area (Å²) in [5.41, 5.74) is 1.95. The van der Waals surface area contributed by atoms with E-state index in [0.717, 1.165) is 35.8 Å². The van der Waals surface area contributed by atoms with Gasteiger partial charge in [0.2, 0.25) is 0 Å². The molecule has 1 fully saturated rings. The van der Waals surface area contributed by atoms with E-state index in [2.05, 4.69) is 144 Å². The van der Waals surface area contributed by atoms with Gasteiger partial charge in [-0.2, -0.15) is 0 Å². The lowest BCUT2D eigenvalue weighted by Crippen LogP contribution is -2.72. The fourth-order valence-electron chi connectivity index (χ4n) is 7.50. The van der Waals surface area contributed by atoms with E-state index in [1.54, 1.807) is 6.26 Å². The number of aromatic nitrogens is 1. The molecule has 7 heteroatoms. The van der Waals surface area contributed by atoms with Gasteiger partial charge >= 0.3 is 0 Å². The first-order valence-corrected chi connectivity index (χ1v) is 21.9. The lowest BCUT2D eigenvalue weighted by Gasteiger charge is -2.49. The van der Waals surface area contributed by atoms with Crippen LogP contribution in [0.5, 0.6) is 0 Å². The van der Waals surface area contributed by atoms with Crippen molar-refractivity contribution in [1.29, 1.82) is 0 Å². The molecule has 0 aliphatic carbocycles. The van der Waals surface area contributed by atoms with Gasteiger partial charge in [0.15, 0.2) is 14.2 Å². The molecule has 1 aliphatic heterocycles. The Morgan fingerprint density at radius 2 is 1.30 bits per heavy atom. The first-order chi connectivity index (χ1) is 22.8. The van der Waals surface area contributed by atoms with E-state index in [1.807, 2.05) is 6.92 Å². The topological polar surface area (TPSA) is 53.7 Å². The zero-order valence-corrected chi connectivity index (χ0v) is 31.3. The second kappa shape index (κ2) is 15.9. The molecule has 1 aliphatic rings. The van der Waals surface area contributed by atoms with E-state index >= 15 is 0 Å². The highest BCUT2D eigenvalue weighted by Crippen LogP contribution is 2.39. The van der Waals surface area contributed by atoms with Crippen LogP contribution >= 0.6 is 0 Å². The number of benzene rings is 3. The highest BCUT2D eigenvalue weighted by molar-refractivity contribution is 7.07. The van der Waals surface area contributed by atoms with Gasteiger partial charge in [-0.25, -0.2) is 4.98 Å². The van der Waals surface area contributed by atoms with Crippen molar-refractivity contribution >= 4 is 38.3 Å². The third kappa shape index (κ3) is 7.65. The van der Waals surface area contributed by atoms with Crippen LogP contribution in [0, 0.1) is 18.8 Å². The van der Waals surface area contributed by atoms with Crippen LogP contribution in [-0.2, 0) is 13.6 Å². The van der Waals surface area contributed by atoms with Crippen molar-refractivity contribution in [3.63, 3.8) is 0 Å². The molecule has 5 atom stereocenters. The molecular weight excluding hydrogens is 615 g/mol. The van der Waals surface area contributed by atoms with Crippen LogP contribution in [0.2, 0.25) is 18.1 Å². The Hall–Kier alpha value is -3.08. The van der Waals surface area contributed by atoms with E-state index in [9.17, 15) is 0 Å². The smallest absolute Gasteiger partial charge is 0.288 e. The summed E-state index contributed by atoms with van der Waals surface area (Å²) in [5.74, 6) is 0.895. The van der Waals surface area contributed by atoms with Gasteiger partial charge in [0, 0.05) is 25.4 Å². The molecule has 2 heterocycles. The average molecular weight is 668 g/mol. The van der Waals surface area contributed by atoms with E-state index in [4.69, 9.17) is 18.0 Å². The van der Waals surface area contributed by atoms with Crippen LogP contribution in [0.1, 0.15) is 59.5 Å². The molecule has 0 amide bonds. The fourth-order valence-corrected chi connectivity index (χ4v) is 14.4. The predicted molar refractivity (Wildman–Crippen MR) is 199 cm³/mol. The molecular formula is C40H53NO4Si2. The maximum absolute atomic E-state index is 7.90. The minimum atomic E-state index is -2.96. The van der Waals surface area contributed by atoms with Crippen molar-refractivity contribution in [2.45, 2.75) is 91.3 Å². The Kier molecular flexibility index (Phi) is 11.9. The van der Waals surface area contributed by atoms with Crippen molar-refractivity contribution in [1.82, 2.24) is 4.98 Å². The number of ether oxygens (including phenoxy) is 1. The van der Waals surface area contributed by atoms with Gasteiger partial charge < -0.3 is 18.0 Å². The van der Waals surface area contributed by atoms with Gasteiger partial charge in [0.05, 0.1) is 18.3 Å². The summed E-state index contributed by atoms with van der Waals surface area (Å²) in [6, 6.07) is 36.1. The quantitative estimate of drug-likeness (QED) is 0.101. The molecule has 0 saturated carbocycles. The van der Waals surface area contributed by atoms with Crippen LogP contribution in [0.15, 0.2) is 107 Å². The lowest BCUT2D eigenvalue weighted by molar-refractivity contribution is -0.147. The molecule has 0 radical (unpaired) electrons. The number of oxazole rings is 1. The van der Waals surface area contributed by atoms with Gasteiger partial charge in [-0.15, -0.1) is 0 Å². The van der Waals surface area contributed by atoms with Crippen molar-refractivity contribution < 1.29 is 18.0 Å². The fraction of sp³-hybridized carbons (Fsp3) is 0.425. The number of nitrogens with zero attached hydrogens (tertiary/aromatic N) is 1. The van der Waals surface area contributed by atoms with Gasteiger partial charge in [-0.1, -0.05) is 126 Å². The molecule has 3 aromatic carbocycles. The second-order valence-electron chi connectivity index (χ2n) is 13.2. The van der Waals surface area contributed by atoms with Gasteiger partial charge in [-0.3, -0.25) is 0 Å². The molecule has 0 bridgehead atoms. The third-order valence-electron chi connectivity index (χ3n) is 10.5. The van der Waals surface area contributed by atoms with Crippen LogP contribution in [0.25, 0.3) is 6.08 Å². The molecule has 0 N–H and O–H groups in total. The molecule has 0 unspecified atom stereocenters. The largest absolute Gasteiger partial charge is 0.449 e. The molecule has 47 heavy (non-hydrogen) atoms. The summed E-state index contributed by atoms with van der Waals surface area (Å²) in [5, 5.41) is 3.74. The third-order valence-corrected chi connectivity index (χ3v) is 19.2. The van der Waals surface area contributed by atoms with E-state index in [1.165, 1.54) is 15.6 Å². The summed E-state index contributed by atoms with van der Waals surface area (Å²) < 4.78 is 27.3. The Labute approximate surface area is 284 Å². The predicted octanol–water partition coefficient (Wildman–Crippen LogP) is 7.89. The summed E-state index contributed by atoms with van der Waals surface area (Å²) in [4.78, 5) is 4.57. The Morgan fingerprint density at radius 3 is 1.74 bits per heavy atom. The Morgan fingerprint density at radius 1 is 0.787 bits per heavy atom. The molecule has 4 aromatic rings. The normalized spacial score (nSPS) is 22.4. The van der Waals surface area contributed by atoms with Crippen LogP contribution in [0.3, 0.4) is 0 Å². The first kappa shape index (κ1) is 35.2. The van der Waals surface area contributed by atoms with Crippen LogP contribution < -0.4 is 15.6 Å². The number of hydrogen-bond acceptors (Lipinski definition) is 5. The van der Waals surface area contributed by atoms with Crippen LogP contribution in [-0.4, -0.2) is 46.5 Å². The molecule has 0 spiro atoms. The highest BCUT2D eigenvalue weighted by atomic mass is 28.4. The van der Waals surface area contributed by atoms with E-state index in [0.29, 0.717) is 12.5 Å². The number of hydrogen-bond donors (Lipinski definition) is 0. The van der Waals surface area contributed by atoms with Gasteiger partial charge in [0.1, 0.15) is 12.0 Å². The zero-order valence-electron chi connectivity index (χ0n) is 29.3. The van der Waals surface area contributed by atoms with Gasteiger partial charge in [0.25, 0.3) is 8.32 Å². The van der Waals surface area contributed by atoms with Crippen molar-refractivity contribution in [3.05, 3.63) is 114 Å². The lowest BCUT2D eigenvalue weighted by atomic mass is 9.80. The maximum Gasteiger partial charge on any atom is 0.288 e. The number of rotatable bonds is 14. The zero-order chi connectivity index (χ0) is 33.4. The monoisotopic (exact) mass is 667 g/mol. The Bertz CT molecular complexity index is 1450. The molecule has 5 rings (SSSR count). The minimum absolute atomic E-state index is 0.0186. The summed E-state index contributed by atoms with van der Waals surface area (Å²) >= 11 is 0. The van der Waals surface area contributed by atoms with Gasteiger partial charge in [-0.05, 0) is 58.7 Å². The van der Waals surface area contributed by atoms with Crippen LogP contribution in [0.4, 0.5) is 0 Å². The molecule has 5 nitrogen and oxygen atoms in total. The second-order valence-corrected chi connectivity index (χ2v) is 21.3. The Balaban J connectivity index is 1.59. The molecule has 250 valence electrons. The molecule has 1 aromatic heterocycles. The molecule has 1 saturated heterocycles. The van der Waals surface area contributed by atoms with E-state index in [-0.39, 0.29) is 30.1 Å². The standard InChI is InChI=1S/C40H53NO4Si2/c1-8-46(9-2,10-3)43-27-26-38-31(5)40(32(6)39(44-38)30(4)28-34-29-42-33(7)41-34)45-47(35-20-14-11-15-21-35,36-22-16-12-17-23-36)37-24-18-13-19-25-37/h11-25,28-29,31-32,38-40H,8-10,26-27H2,1-7H3/b30-28+/t31-,32-,38+,39-,40-/m0/s1. The SMILES string of the molecule is CC[Si](CC)(CC)OCC[C@H]1O[C@@H](/C(C)=C/c2coc(C)n2)[C@H](C)[C@@H](O[Si](c2ccccc2)(c2ccccc2)c2ccccc2)[C@H]1C. The highest BCUT2D eigenvalue weighted by Gasteiger charge is 2.50. The number of aryl methyl sites for hydroxylation is 1. The average Bonchev–Trinajstić information content (AvgIpc) is 3.53. The summed E-state index contributed by atoms with van der Waals surface area (Å²) in [7, 11) is -4.69.